The Bertz CT molecular complexity index is 651. The van der Waals surface area contributed by atoms with Crippen molar-refractivity contribution in [2.75, 3.05) is 12.3 Å². The molecule has 0 radical (unpaired) electrons. The first-order valence-electron chi connectivity index (χ1n) is 6.45. The van der Waals surface area contributed by atoms with E-state index in [1.54, 1.807) is 18.3 Å². The number of hydrogen-bond acceptors (Lipinski definition) is 6. The number of fused-ring (bicyclic) bond motifs is 3. The predicted octanol–water partition coefficient (Wildman–Crippen LogP) is 2.33. The third-order valence-electron chi connectivity index (χ3n) is 3.30. The van der Waals surface area contributed by atoms with Crippen molar-refractivity contribution in [1.29, 1.82) is 0 Å². The molecule has 0 spiro atoms. The minimum atomic E-state index is -0.512. The summed E-state index contributed by atoms with van der Waals surface area (Å²) in [5, 5.41) is 0.938. The van der Waals surface area contributed by atoms with Gasteiger partial charge in [-0.1, -0.05) is 0 Å². The van der Waals surface area contributed by atoms with Crippen LogP contribution in [0.15, 0.2) is 0 Å². The van der Waals surface area contributed by atoms with Crippen molar-refractivity contribution in [3.63, 3.8) is 0 Å². The van der Waals surface area contributed by atoms with Gasteiger partial charge >= 0.3 is 5.97 Å². The number of esters is 1. The van der Waals surface area contributed by atoms with Gasteiger partial charge in [0.25, 0.3) is 0 Å². The molecule has 0 amide bonds. The lowest BCUT2D eigenvalue weighted by Gasteiger charge is -2.10. The largest absolute Gasteiger partial charge is 0.460 e. The number of nitrogens with two attached hydrogens (primary N) is 1. The third-order valence-corrected chi connectivity index (χ3v) is 4.49. The van der Waals surface area contributed by atoms with Crippen molar-refractivity contribution in [2.24, 2.45) is 0 Å². The second-order valence-electron chi connectivity index (χ2n) is 4.54. The molecule has 2 N–H and O–H groups in total. The second kappa shape index (κ2) is 4.77. The van der Waals surface area contributed by atoms with E-state index < -0.39 is 5.97 Å². The molecule has 0 unspecified atom stereocenters. The molecule has 0 atom stereocenters. The van der Waals surface area contributed by atoms with Gasteiger partial charge < -0.3 is 10.5 Å². The lowest BCUT2D eigenvalue weighted by molar-refractivity contribution is 0.0513. The maximum Gasteiger partial charge on any atom is 0.376 e. The fourth-order valence-corrected chi connectivity index (χ4v) is 3.74. The Morgan fingerprint density at radius 3 is 2.95 bits per heavy atom. The summed E-state index contributed by atoms with van der Waals surface area (Å²) >= 11 is 1.62. The molecular weight excluding hydrogens is 262 g/mol. The van der Waals surface area contributed by atoms with Crippen LogP contribution in [-0.2, 0) is 17.6 Å². The van der Waals surface area contributed by atoms with E-state index in [2.05, 4.69) is 9.97 Å². The lowest BCUT2D eigenvalue weighted by Crippen LogP contribution is -2.11. The van der Waals surface area contributed by atoms with Gasteiger partial charge in [-0.15, -0.1) is 11.3 Å². The van der Waals surface area contributed by atoms with Gasteiger partial charge in [0.2, 0.25) is 5.82 Å². The van der Waals surface area contributed by atoms with Gasteiger partial charge in [-0.2, -0.15) is 0 Å². The van der Waals surface area contributed by atoms with Crippen LogP contribution in [0.4, 0.5) is 5.82 Å². The first kappa shape index (κ1) is 12.3. The summed E-state index contributed by atoms with van der Waals surface area (Å²) in [5.74, 6) is -0.0552. The van der Waals surface area contributed by atoms with E-state index in [1.807, 2.05) is 0 Å². The summed E-state index contributed by atoms with van der Waals surface area (Å²) in [6.07, 6.45) is 4.49. The first-order valence-corrected chi connectivity index (χ1v) is 7.27. The third kappa shape index (κ3) is 2.06. The summed E-state index contributed by atoms with van der Waals surface area (Å²) in [7, 11) is 0. The number of carbonyl (C=O) groups excluding carboxylic acids is 1. The van der Waals surface area contributed by atoms with Gasteiger partial charge in [-0.3, -0.25) is 0 Å². The molecule has 5 nitrogen and oxygen atoms in total. The Kier molecular flexibility index (Phi) is 3.10. The lowest BCUT2D eigenvalue weighted by atomic mass is 9.97. The fourth-order valence-electron chi connectivity index (χ4n) is 2.47. The van der Waals surface area contributed by atoms with Crippen molar-refractivity contribution >= 4 is 33.3 Å². The van der Waals surface area contributed by atoms with Crippen molar-refractivity contribution in [2.45, 2.75) is 32.6 Å². The summed E-state index contributed by atoms with van der Waals surface area (Å²) in [5.41, 5.74) is 7.28. The zero-order chi connectivity index (χ0) is 13.4. The Hall–Kier alpha value is -1.69. The van der Waals surface area contributed by atoms with Crippen LogP contribution >= 0.6 is 11.3 Å². The molecular formula is C13H15N3O2S. The molecule has 3 rings (SSSR count). The van der Waals surface area contributed by atoms with Crippen LogP contribution in [0.25, 0.3) is 10.2 Å². The number of carbonyl (C=O) groups is 1. The highest BCUT2D eigenvalue weighted by molar-refractivity contribution is 7.19. The molecule has 0 bridgehead atoms. The van der Waals surface area contributed by atoms with E-state index >= 15 is 0 Å². The molecule has 0 fully saturated rings. The van der Waals surface area contributed by atoms with Crippen LogP contribution in [0.1, 0.15) is 40.8 Å². The highest BCUT2D eigenvalue weighted by Gasteiger charge is 2.22. The number of thiophene rings is 1. The van der Waals surface area contributed by atoms with Crippen molar-refractivity contribution in [3.8, 4) is 0 Å². The molecule has 19 heavy (non-hydrogen) atoms. The quantitative estimate of drug-likeness (QED) is 0.852. The SMILES string of the molecule is CCOC(=O)c1nc(N)c2c3c(sc2n1)CCCC3. The number of nitrogens with zero attached hydrogens (tertiary/aromatic N) is 2. The van der Waals surface area contributed by atoms with Crippen molar-refractivity contribution < 1.29 is 9.53 Å². The Morgan fingerprint density at radius 1 is 1.37 bits per heavy atom. The number of anilines is 1. The van der Waals surface area contributed by atoms with Gasteiger partial charge in [0, 0.05) is 4.88 Å². The van der Waals surface area contributed by atoms with Gasteiger partial charge in [-0.25, -0.2) is 14.8 Å². The van der Waals surface area contributed by atoms with E-state index in [0.29, 0.717) is 12.4 Å². The van der Waals surface area contributed by atoms with E-state index in [-0.39, 0.29) is 5.82 Å². The summed E-state index contributed by atoms with van der Waals surface area (Å²) in [4.78, 5) is 22.2. The van der Waals surface area contributed by atoms with Crippen molar-refractivity contribution in [3.05, 3.63) is 16.3 Å². The van der Waals surface area contributed by atoms with Gasteiger partial charge in [0.1, 0.15) is 10.6 Å². The number of ether oxygens (including phenoxy) is 1. The number of aryl methyl sites for hydroxylation is 2. The Balaban J connectivity index is 2.14. The second-order valence-corrected chi connectivity index (χ2v) is 5.63. The topological polar surface area (TPSA) is 78.1 Å². The molecule has 2 aromatic heterocycles. The zero-order valence-electron chi connectivity index (χ0n) is 10.7. The van der Waals surface area contributed by atoms with Crippen LogP contribution < -0.4 is 5.73 Å². The van der Waals surface area contributed by atoms with Crippen LogP contribution in [0.3, 0.4) is 0 Å². The average Bonchev–Trinajstić information content (AvgIpc) is 2.77. The standard InChI is InChI=1S/C13H15N3O2S/c1-2-18-13(17)11-15-10(14)9-7-5-3-4-6-8(7)19-12(9)16-11/h2-6H2,1H3,(H2,14,15,16). The average molecular weight is 277 g/mol. The molecule has 0 aliphatic heterocycles. The maximum atomic E-state index is 11.7. The number of hydrogen-bond donors (Lipinski definition) is 1. The molecule has 2 heterocycles. The monoisotopic (exact) mass is 277 g/mol. The number of rotatable bonds is 2. The van der Waals surface area contributed by atoms with Crippen LogP contribution in [0.2, 0.25) is 0 Å². The van der Waals surface area contributed by atoms with Crippen LogP contribution in [-0.4, -0.2) is 22.5 Å². The Morgan fingerprint density at radius 2 is 2.16 bits per heavy atom. The molecule has 100 valence electrons. The Labute approximate surface area is 114 Å². The number of aromatic nitrogens is 2. The molecule has 0 aromatic carbocycles. The van der Waals surface area contributed by atoms with Gasteiger partial charge in [0.05, 0.1) is 12.0 Å². The predicted molar refractivity (Wildman–Crippen MR) is 74.4 cm³/mol. The molecule has 2 aromatic rings. The molecule has 1 aliphatic carbocycles. The summed E-state index contributed by atoms with van der Waals surface area (Å²) < 4.78 is 4.92. The molecule has 0 saturated carbocycles. The number of nitrogen functional groups attached to an aromatic ring is 1. The van der Waals surface area contributed by atoms with E-state index in [4.69, 9.17) is 10.5 Å². The van der Waals surface area contributed by atoms with Crippen LogP contribution in [0, 0.1) is 0 Å². The van der Waals surface area contributed by atoms with E-state index in [0.717, 1.165) is 23.1 Å². The van der Waals surface area contributed by atoms with Crippen LogP contribution in [0.5, 0.6) is 0 Å². The first-order chi connectivity index (χ1) is 9.20. The van der Waals surface area contributed by atoms with E-state index in [9.17, 15) is 4.79 Å². The zero-order valence-corrected chi connectivity index (χ0v) is 11.5. The highest BCUT2D eigenvalue weighted by Crippen LogP contribution is 2.37. The van der Waals surface area contributed by atoms with E-state index in [1.165, 1.54) is 23.3 Å². The minimum absolute atomic E-state index is 0.0606. The highest BCUT2D eigenvalue weighted by atomic mass is 32.1. The fraction of sp³-hybridized carbons (Fsp3) is 0.462. The maximum absolute atomic E-state index is 11.7. The van der Waals surface area contributed by atoms with Gasteiger partial charge in [0.15, 0.2) is 0 Å². The minimum Gasteiger partial charge on any atom is -0.460 e. The molecule has 0 saturated heterocycles. The smallest absolute Gasteiger partial charge is 0.376 e. The van der Waals surface area contributed by atoms with Crippen molar-refractivity contribution in [1.82, 2.24) is 9.97 Å². The molecule has 6 heteroatoms. The summed E-state index contributed by atoms with van der Waals surface area (Å²) in [6, 6.07) is 0. The summed E-state index contributed by atoms with van der Waals surface area (Å²) in [6.45, 7) is 2.06. The normalized spacial score (nSPS) is 14.4. The molecule has 1 aliphatic rings. The van der Waals surface area contributed by atoms with Gasteiger partial charge in [-0.05, 0) is 38.2 Å².